The number of amides is 1. The van der Waals surface area contributed by atoms with Crippen LogP contribution in [0.15, 0.2) is 18.7 Å². The number of nitrogens with zero attached hydrogens (tertiary/aromatic N) is 1. The smallest absolute Gasteiger partial charge is 0.220 e. The van der Waals surface area contributed by atoms with E-state index in [9.17, 15) is 9.59 Å². The van der Waals surface area contributed by atoms with Crippen molar-refractivity contribution in [3.8, 4) is 0 Å². The Kier molecular flexibility index (Phi) is 5.19. The third kappa shape index (κ3) is 3.47. The van der Waals surface area contributed by atoms with Gasteiger partial charge in [0.1, 0.15) is 6.54 Å². The number of Topliss-reactive ketones (excluding diaryl/α,β-unsaturated/α-hetero) is 1. The van der Waals surface area contributed by atoms with Gasteiger partial charge in [0.2, 0.25) is 11.7 Å². The number of hydrogen-bond acceptors (Lipinski definition) is 2. The van der Waals surface area contributed by atoms with Crippen LogP contribution < -0.4 is 10.6 Å². The van der Waals surface area contributed by atoms with Gasteiger partial charge in [-0.3, -0.25) is 9.59 Å². The molecular weight excluding hydrogens is 278 g/mol. The van der Waals surface area contributed by atoms with Gasteiger partial charge in [-0.2, -0.15) is 0 Å². The number of ketones is 1. The number of aromatic nitrogens is 1. The lowest BCUT2D eigenvalue weighted by Gasteiger charge is -2.27. The van der Waals surface area contributed by atoms with Crippen LogP contribution in [0.1, 0.15) is 34.6 Å². The van der Waals surface area contributed by atoms with Gasteiger partial charge < -0.3 is 15.2 Å². The first-order chi connectivity index (χ1) is 10.4. The molecule has 2 heterocycles. The number of rotatable bonds is 6. The number of carbonyl (C=O) groups excluding carboxylic acids is 2. The van der Waals surface area contributed by atoms with Crippen molar-refractivity contribution in [1.29, 1.82) is 0 Å². The number of allylic oxidation sites excluding steroid dienone is 1. The molecule has 22 heavy (non-hydrogen) atoms. The maximum atomic E-state index is 12.6. The maximum Gasteiger partial charge on any atom is 0.220 e. The highest BCUT2D eigenvalue weighted by Crippen LogP contribution is 2.15. The predicted octanol–water partition coefficient (Wildman–Crippen LogP) is 0.254. The Labute approximate surface area is 131 Å². The highest BCUT2D eigenvalue weighted by molar-refractivity contribution is 5.98. The van der Waals surface area contributed by atoms with Gasteiger partial charge in [-0.1, -0.05) is 6.08 Å². The molecule has 120 valence electrons. The van der Waals surface area contributed by atoms with E-state index < -0.39 is 0 Å². The molecule has 0 atom stereocenters. The summed E-state index contributed by atoms with van der Waals surface area (Å²) >= 11 is 0. The Balaban J connectivity index is 2.00. The number of nitrogens with one attached hydrogen (secondary N) is 1. The van der Waals surface area contributed by atoms with Gasteiger partial charge in [0, 0.05) is 42.3 Å². The highest BCUT2D eigenvalue weighted by Gasteiger charge is 2.28. The number of primary amides is 1. The van der Waals surface area contributed by atoms with Crippen molar-refractivity contribution in [2.24, 2.45) is 11.7 Å². The molecule has 2 rings (SSSR count). The molecule has 3 N–H and O–H groups in total. The van der Waals surface area contributed by atoms with E-state index in [0.29, 0.717) is 6.54 Å². The summed E-state index contributed by atoms with van der Waals surface area (Å²) < 4.78 is 2.11. The second-order valence-electron chi connectivity index (χ2n) is 6.21. The number of carbonyl (C=O) groups is 2. The molecule has 0 bridgehead atoms. The number of likely N-dealkylation sites (tertiary alicyclic amines) is 1. The number of aryl methyl sites for hydroxylation is 1. The van der Waals surface area contributed by atoms with Crippen molar-refractivity contribution in [3.63, 3.8) is 0 Å². The molecule has 0 aromatic carbocycles. The molecule has 0 radical (unpaired) electrons. The van der Waals surface area contributed by atoms with Crippen LogP contribution in [0.3, 0.4) is 0 Å². The molecule has 0 unspecified atom stereocenters. The zero-order chi connectivity index (χ0) is 16.3. The van der Waals surface area contributed by atoms with Crippen LogP contribution in [0.25, 0.3) is 0 Å². The van der Waals surface area contributed by atoms with Crippen molar-refractivity contribution < 1.29 is 14.5 Å². The van der Waals surface area contributed by atoms with E-state index in [4.69, 9.17) is 5.73 Å². The van der Waals surface area contributed by atoms with Crippen LogP contribution in [-0.4, -0.2) is 35.9 Å². The summed E-state index contributed by atoms with van der Waals surface area (Å²) in [6.45, 7) is 10.6. The Morgan fingerprint density at radius 1 is 1.41 bits per heavy atom. The second kappa shape index (κ2) is 6.92. The number of quaternary nitrogens is 1. The summed E-state index contributed by atoms with van der Waals surface area (Å²) in [5, 5.41) is 0. The van der Waals surface area contributed by atoms with Crippen LogP contribution in [0.5, 0.6) is 0 Å². The van der Waals surface area contributed by atoms with E-state index in [1.165, 1.54) is 4.90 Å². The van der Waals surface area contributed by atoms with Gasteiger partial charge in [-0.25, -0.2) is 0 Å². The second-order valence-corrected chi connectivity index (χ2v) is 6.21. The minimum absolute atomic E-state index is 0.0171. The summed E-state index contributed by atoms with van der Waals surface area (Å²) in [6, 6.07) is 1.97. The Bertz CT molecular complexity index is 581. The lowest BCUT2D eigenvalue weighted by molar-refractivity contribution is -0.897. The summed E-state index contributed by atoms with van der Waals surface area (Å²) in [6.07, 6.45) is 3.41. The molecule has 1 aliphatic heterocycles. The molecule has 0 aliphatic carbocycles. The topological polar surface area (TPSA) is 69.5 Å². The average molecular weight is 304 g/mol. The van der Waals surface area contributed by atoms with Gasteiger partial charge in [0.25, 0.3) is 0 Å². The molecular formula is C17H26N3O2+. The molecule has 1 fully saturated rings. The minimum atomic E-state index is -0.210. The summed E-state index contributed by atoms with van der Waals surface area (Å²) in [5.74, 6) is -0.0502. The van der Waals surface area contributed by atoms with Crippen LogP contribution in [-0.2, 0) is 11.3 Å². The zero-order valence-electron chi connectivity index (χ0n) is 13.5. The van der Waals surface area contributed by atoms with Gasteiger partial charge in [0.05, 0.1) is 13.1 Å². The summed E-state index contributed by atoms with van der Waals surface area (Å²) in [4.78, 5) is 25.0. The molecule has 5 nitrogen and oxygen atoms in total. The predicted molar refractivity (Wildman–Crippen MR) is 85.9 cm³/mol. The first kappa shape index (κ1) is 16.5. The van der Waals surface area contributed by atoms with Crippen molar-refractivity contribution >= 4 is 11.7 Å². The van der Waals surface area contributed by atoms with Crippen LogP contribution in [0.4, 0.5) is 0 Å². The minimum Gasteiger partial charge on any atom is -0.369 e. The van der Waals surface area contributed by atoms with E-state index in [-0.39, 0.29) is 17.6 Å². The first-order valence-corrected chi connectivity index (χ1v) is 7.87. The lowest BCUT2D eigenvalue weighted by Crippen LogP contribution is -3.14. The summed E-state index contributed by atoms with van der Waals surface area (Å²) in [7, 11) is 0. The van der Waals surface area contributed by atoms with Crippen LogP contribution in [0.2, 0.25) is 0 Å². The first-order valence-electron chi connectivity index (χ1n) is 7.87. The fraction of sp³-hybridized carbons (Fsp3) is 0.529. The molecule has 0 spiro atoms. The number of nitrogens with two attached hydrogens (primary N) is 1. The van der Waals surface area contributed by atoms with Gasteiger partial charge in [-0.05, 0) is 19.9 Å². The summed E-state index contributed by atoms with van der Waals surface area (Å²) in [5.41, 5.74) is 8.25. The van der Waals surface area contributed by atoms with Crippen molar-refractivity contribution in [1.82, 2.24) is 4.57 Å². The Hall–Kier alpha value is -1.88. The number of hydrogen-bond donors (Lipinski definition) is 2. The Morgan fingerprint density at radius 3 is 2.59 bits per heavy atom. The molecule has 1 amide bonds. The molecule has 1 saturated heterocycles. The van der Waals surface area contributed by atoms with Crippen LogP contribution >= 0.6 is 0 Å². The van der Waals surface area contributed by atoms with E-state index in [1.807, 2.05) is 26.0 Å². The van der Waals surface area contributed by atoms with Crippen molar-refractivity contribution in [3.05, 3.63) is 35.7 Å². The standard InChI is InChI=1S/C17H25N3O2/c1-4-7-20-12(2)10-15(13(20)3)16(21)11-19-8-5-14(6-9-19)17(18)22/h4,10,14H,1,5-9,11H2,2-3H3,(H2,18,22)/p+1. The maximum absolute atomic E-state index is 12.6. The molecule has 1 aliphatic rings. The monoisotopic (exact) mass is 304 g/mol. The van der Waals surface area contributed by atoms with E-state index >= 15 is 0 Å². The van der Waals surface area contributed by atoms with Crippen molar-refractivity contribution in [2.45, 2.75) is 33.2 Å². The van der Waals surface area contributed by atoms with Gasteiger partial charge >= 0.3 is 0 Å². The Morgan fingerprint density at radius 2 is 2.05 bits per heavy atom. The third-order valence-corrected chi connectivity index (χ3v) is 4.69. The molecule has 5 heteroatoms. The van der Waals surface area contributed by atoms with Crippen LogP contribution in [0, 0.1) is 19.8 Å². The highest BCUT2D eigenvalue weighted by atomic mass is 16.1. The lowest BCUT2D eigenvalue weighted by atomic mass is 9.96. The largest absolute Gasteiger partial charge is 0.369 e. The van der Waals surface area contributed by atoms with Crippen molar-refractivity contribution in [2.75, 3.05) is 19.6 Å². The third-order valence-electron chi connectivity index (χ3n) is 4.69. The molecule has 1 aromatic heterocycles. The normalized spacial score (nSPS) is 21.5. The van der Waals surface area contributed by atoms with E-state index in [2.05, 4.69) is 11.1 Å². The van der Waals surface area contributed by atoms with Gasteiger partial charge in [-0.15, -0.1) is 6.58 Å². The fourth-order valence-electron chi connectivity index (χ4n) is 3.30. The van der Waals surface area contributed by atoms with E-state index in [0.717, 1.165) is 49.4 Å². The number of piperidine rings is 1. The molecule has 1 aromatic rings. The fourth-order valence-corrected chi connectivity index (χ4v) is 3.30. The average Bonchev–Trinajstić information content (AvgIpc) is 2.76. The zero-order valence-corrected chi connectivity index (χ0v) is 13.5. The SMILES string of the molecule is C=CCn1c(C)cc(C(=O)C[NH+]2CCC(C(N)=O)CC2)c1C. The van der Waals surface area contributed by atoms with Gasteiger partial charge in [0.15, 0.2) is 0 Å². The molecule has 0 saturated carbocycles. The quantitative estimate of drug-likeness (QED) is 0.584. The van der Waals surface area contributed by atoms with E-state index in [1.54, 1.807) is 0 Å².